The van der Waals surface area contributed by atoms with Gasteiger partial charge in [0.25, 0.3) is 0 Å². The van der Waals surface area contributed by atoms with Crippen molar-refractivity contribution in [3.05, 3.63) is 0 Å². The average molecular weight is 270 g/mol. The Labute approximate surface area is 117 Å². The lowest BCUT2D eigenvalue weighted by Gasteiger charge is -2.39. The minimum Gasteiger partial charge on any atom is -0.468 e. The Morgan fingerprint density at radius 1 is 1.47 bits per heavy atom. The second-order valence-corrected chi connectivity index (χ2v) is 6.01. The van der Waals surface area contributed by atoms with Crippen LogP contribution in [0.1, 0.15) is 46.5 Å². The van der Waals surface area contributed by atoms with Crippen molar-refractivity contribution in [3.63, 3.8) is 0 Å². The minimum absolute atomic E-state index is 0.176. The molecule has 0 aliphatic carbocycles. The SMILES string of the molecule is CCC1CCN(C(C)CC(C)(NC)C(=O)OC)CC1. The Hall–Kier alpha value is -0.610. The second kappa shape index (κ2) is 7.25. The molecule has 0 saturated carbocycles. The molecule has 1 heterocycles. The van der Waals surface area contributed by atoms with E-state index >= 15 is 0 Å². The number of nitrogens with zero attached hydrogens (tertiary/aromatic N) is 1. The first kappa shape index (κ1) is 16.4. The summed E-state index contributed by atoms with van der Waals surface area (Å²) in [6.07, 6.45) is 4.65. The minimum atomic E-state index is -0.588. The van der Waals surface area contributed by atoms with E-state index in [4.69, 9.17) is 4.74 Å². The van der Waals surface area contributed by atoms with Gasteiger partial charge in [-0.1, -0.05) is 13.3 Å². The van der Waals surface area contributed by atoms with E-state index in [2.05, 4.69) is 24.1 Å². The summed E-state index contributed by atoms with van der Waals surface area (Å²) in [5, 5.41) is 3.12. The van der Waals surface area contributed by atoms with Crippen LogP contribution in [0.3, 0.4) is 0 Å². The molecule has 2 unspecified atom stereocenters. The van der Waals surface area contributed by atoms with Crippen LogP contribution in [0.4, 0.5) is 0 Å². The molecule has 0 radical (unpaired) electrons. The lowest BCUT2D eigenvalue weighted by Crippen LogP contribution is -2.53. The van der Waals surface area contributed by atoms with Gasteiger partial charge in [-0.05, 0) is 59.2 Å². The molecular weight excluding hydrogens is 240 g/mol. The van der Waals surface area contributed by atoms with Gasteiger partial charge in [0.2, 0.25) is 0 Å². The van der Waals surface area contributed by atoms with E-state index in [0.29, 0.717) is 6.04 Å². The van der Waals surface area contributed by atoms with E-state index in [1.165, 1.54) is 26.4 Å². The van der Waals surface area contributed by atoms with Gasteiger partial charge in [0.15, 0.2) is 0 Å². The fourth-order valence-electron chi connectivity index (χ4n) is 3.03. The summed E-state index contributed by atoms with van der Waals surface area (Å²) in [6, 6.07) is 0.398. The molecule has 0 amide bonds. The van der Waals surface area contributed by atoms with E-state index in [9.17, 15) is 4.79 Å². The molecule has 0 aromatic heterocycles. The largest absolute Gasteiger partial charge is 0.468 e. The van der Waals surface area contributed by atoms with Gasteiger partial charge in [-0.15, -0.1) is 0 Å². The second-order valence-electron chi connectivity index (χ2n) is 6.01. The highest BCUT2D eigenvalue weighted by molar-refractivity contribution is 5.80. The maximum absolute atomic E-state index is 11.9. The Balaban J connectivity index is 2.54. The number of methoxy groups -OCH3 is 1. The number of hydrogen-bond acceptors (Lipinski definition) is 4. The molecule has 4 heteroatoms. The molecule has 1 aliphatic heterocycles. The number of carbonyl (C=O) groups excluding carboxylic acids is 1. The molecule has 1 saturated heterocycles. The third-order valence-electron chi connectivity index (χ3n) is 4.74. The smallest absolute Gasteiger partial charge is 0.325 e. The molecule has 2 atom stereocenters. The molecule has 4 nitrogen and oxygen atoms in total. The first-order valence-electron chi connectivity index (χ1n) is 7.48. The summed E-state index contributed by atoms with van der Waals surface area (Å²) in [6.45, 7) is 8.72. The van der Waals surface area contributed by atoms with E-state index in [1.54, 1.807) is 0 Å². The van der Waals surface area contributed by atoms with Crippen molar-refractivity contribution in [3.8, 4) is 0 Å². The van der Waals surface area contributed by atoms with Crippen molar-refractivity contribution in [1.82, 2.24) is 10.2 Å². The standard InChI is InChI=1S/C15H30N2O2/c1-6-13-7-9-17(10-8-13)12(2)11-15(3,16-4)14(18)19-5/h12-13,16H,6-11H2,1-5H3. The number of piperidine rings is 1. The lowest BCUT2D eigenvalue weighted by molar-refractivity contribution is -0.148. The molecule has 1 fully saturated rings. The molecule has 1 rings (SSSR count). The van der Waals surface area contributed by atoms with Crippen LogP contribution >= 0.6 is 0 Å². The molecule has 1 aliphatic rings. The van der Waals surface area contributed by atoms with Crippen LogP contribution < -0.4 is 5.32 Å². The van der Waals surface area contributed by atoms with Crippen LogP contribution in [-0.4, -0.2) is 49.7 Å². The van der Waals surface area contributed by atoms with Crippen molar-refractivity contribution < 1.29 is 9.53 Å². The predicted octanol–water partition coefficient (Wildman–Crippen LogP) is 2.04. The van der Waals surface area contributed by atoms with Gasteiger partial charge in [0.1, 0.15) is 5.54 Å². The normalized spacial score (nSPS) is 22.8. The number of esters is 1. The summed E-state index contributed by atoms with van der Waals surface area (Å²) in [5.41, 5.74) is -0.588. The van der Waals surface area contributed by atoms with Crippen LogP contribution in [-0.2, 0) is 9.53 Å². The van der Waals surface area contributed by atoms with Crippen molar-refractivity contribution in [2.24, 2.45) is 5.92 Å². The van der Waals surface area contributed by atoms with Crippen LogP contribution in [0.2, 0.25) is 0 Å². The summed E-state index contributed by atoms with van der Waals surface area (Å²) < 4.78 is 4.91. The molecule has 19 heavy (non-hydrogen) atoms. The van der Waals surface area contributed by atoms with E-state index in [1.807, 2.05) is 14.0 Å². The van der Waals surface area contributed by atoms with Crippen LogP contribution in [0.15, 0.2) is 0 Å². The summed E-state index contributed by atoms with van der Waals surface area (Å²) in [5.74, 6) is 0.713. The Morgan fingerprint density at radius 2 is 2.05 bits per heavy atom. The zero-order chi connectivity index (χ0) is 14.5. The van der Waals surface area contributed by atoms with E-state index in [-0.39, 0.29) is 5.97 Å². The fourth-order valence-corrected chi connectivity index (χ4v) is 3.03. The summed E-state index contributed by atoms with van der Waals surface area (Å²) >= 11 is 0. The molecule has 0 spiro atoms. The number of rotatable bonds is 6. The van der Waals surface area contributed by atoms with Crippen LogP contribution in [0, 0.1) is 5.92 Å². The summed E-state index contributed by atoms with van der Waals surface area (Å²) in [7, 11) is 3.28. The topological polar surface area (TPSA) is 41.6 Å². The third-order valence-corrected chi connectivity index (χ3v) is 4.74. The number of ether oxygens (including phenoxy) is 1. The monoisotopic (exact) mass is 270 g/mol. The quantitative estimate of drug-likeness (QED) is 0.750. The number of carbonyl (C=O) groups is 1. The van der Waals surface area contributed by atoms with Gasteiger partial charge in [0, 0.05) is 6.04 Å². The number of nitrogens with one attached hydrogen (secondary N) is 1. The van der Waals surface area contributed by atoms with Gasteiger partial charge in [-0.25, -0.2) is 0 Å². The highest BCUT2D eigenvalue weighted by atomic mass is 16.5. The lowest BCUT2D eigenvalue weighted by atomic mass is 9.89. The number of likely N-dealkylation sites (N-methyl/N-ethyl adjacent to an activating group) is 1. The zero-order valence-corrected chi connectivity index (χ0v) is 13.2. The molecule has 1 N–H and O–H groups in total. The highest BCUT2D eigenvalue weighted by Crippen LogP contribution is 2.24. The molecular formula is C15H30N2O2. The van der Waals surface area contributed by atoms with Gasteiger partial charge in [-0.3, -0.25) is 4.79 Å². The third kappa shape index (κ3) is 4.18. The van der Waals surface area contributed by atoms with Gasteiger partial charge in [0.05, 0.1) is 7.11 Å². The Kier molecular flexibility index (Phi) is 6.27. The van der Waals surface area contributed by atoms with E-state index in [0.717, 1.165) is 25.4 Å². The number of likely N-dealkylation sites (tertiary alicyclic amines) is 1. The molecule has 0 aromatic carbocycles. The molecule has 0 bridgehead atoms. The van der Waals surface area contributed by atoms with E-state index < -0.39 is 5.54 Å². The highest BCUT2D eigenvalue weighted by Gasteiger charge is 2.36. The average Bonchev–Trinajstić information content (AvgIpc) is 2.46. The van der Waals surface area contributed by atoms with Gasteiger partial charge in [-0.2, -0.15) is 0 Å². The van der Waals surface area contributed by atoms with Crippen LogP contribution in [0.25, 0.3) is 0 Å². The maximum atomic E-state index is 11.9. The molecule has 112 valence electrons. The fraction of sp³-hybridized carbons (Fsp3) is 0.933. The van der Waals surface area contributed by atoms with Crippen molar-refractivity contribution in [2.75, 3.05) is 27.2 Å². The Morgan fingerprint density at radius 3 is 2.47 bits per heavy atom. The van der Waals surface area contributed by atoms with Crippen molar-refractivity contribution in [1.29, 1.82) is 0 Å². The van der Waals surface area contributed by atoms with Crippen LogP contribution in [0.5, 0.6) is 0 Å². The van der Waals surface area contributed by atoms with Crippen molar-refractivity contribution >= 4 is 5.97 Å². The van der Waals surface area contributed by atoms with Crippen molar-refractivity contribution in [2.45, 2.75) is 58.0 Å². The number of hydrogen-bond donors (Lipinski definition) is 1. The predicted molar refractivity (Wildman–Crippen MR) is 78.1 cm³/mol. The maximum Gasteiger partial charge on any atom is 0.325 e. The first-order chi connectivity index (χ1) is 8.96. The van der Waals surface area contributed by atoms with Gasteiger partial charge >= 0.3 is 5.97 Å². The van der Waals surface area contributed by atoms with Gasteiger partial charge < -0.3 is 15.0 Å². The molecule has 0 aromatic rings. The zero-order valence-electron chi connectivity index (χ0n) is 13.2. The first-order valence-corrected chi connectivity index (χ1v) is 7.48. The Bertz CT molecular complexity index is 288. The summed E-state index contributed by atoms with van der Waals surface area (Å²) in [4.78, 5) is 14.4.